The van der Waals surface area contributed by atoms with Gasteiger partial charge in [-0.15, -0.1) is 0 Å². The molecule has 0 saturated carbocycles. The highest BCUT2D eigenvalue weighted by Gasteiger charge is 2.25. The fourth-order valence-electron chi connectivity index (χ4n) is 2.95. The SMILES string of the molecule is CC1=Cc2cc(CC(C)C)ccc2C1[Si](C)C. The molecule has 0 bridgehead atoms. The zero-order valence-electron chi connectivity index (χ0n) is 11.7. The molecule has 0 fully saturated rings. The van der Waals surface area contributed by atoms with Crippen molar-refractivity contribution in [3.63, 3.8) is 0 Å². The van der Waals surface area contributed by atoms with Crippen molar-refractivity contribution < 1.29 is 0 Å². The smallest absolute Gasteiger partial charge is 0.0551 e. The van der Waals surface area contributed by atoms with Gasteiger partial charge in [0.05, 0.1) is 8.80 Å². The summed E-state index contributed by atoms with van der Waals surface area (Å²) in [6, 6.07) is 7.12. The Balaban J connectivity index is 2.33. The largest absolute Gasteiger partial charge is 0.0705 e. The molecule has 1 aliphatic carbocycles. The number of allylic oxidation sites excluding steroid dienone is 1. The number of rotatable bonds is 3. The van der Waals surface area contributed by atoms with Gasteiger partial charge in [-0.1, -0.05) is 56.8 Å². The van der Waals surface area contributed by atoms with Crippen LogP contribution in [-0.2, 0) is 6.42 Å². The van der Waals surface area contributed by atoms with Crippen molar-refractivity contribution in [3.05, 3.63) is 40.5 Å². The normalized spacial score (nSPS) is 18.8. The molecule has 17 heavy (non-hydrogen) atoms. The average molecular weight is 243 g/mol. The minimum Gasteiger partial charge on any atom is -0.0705 e. The molecule has 0 nitrogen and oxygen atoms in total. The van der Waals surface area contributed by atoms with E-state index < -0.39 is 0 Å². The standard InChI is InChI=1S/C16H23Si/c1-11(2)8-13-6-7-15-14(10-13)9-12(3)16(15)17(4)5/h6-7,9-11,16H,8H2,1-5H3. The Morgan fingerprint density at radius 3 is 2.53 bits per heavy atom. The second kappa shape index (κ2) is 4.81. The molecule has 1 unspecified atom stereocenters. The Labute approximate surface area is 107 Å². The summed E-state index contributed by atoms with van der Waals surface area (Å²) in [5.74, 6) is 0.743. The van der Waals surface area contributed by atoms with Gasteiger partial charge in [-0.05, 0) is 41.5 Å². The van der Waals surface area contributed by atoms with Gasteiger partial charge >= 0.3 is 0 Å². The Hall–Kier alpha value is -0.823. The lowest BCUT2D eigenvalue weighted by molar-refractivity contribution is 0.647. The molecule has 0 heterocycles. The Kier molecular flexibility index (Phi) is 3.57. The first kappa shape index (κ1) is 12.6. The quantitative estimate of drug-likeness (QED) is 0.676. The lowest BCUT2D eigenvalue weighted by Crippen LogP contribution is -2.15. The summed E-state index contributed by atoms with van der Waals surface area (Å²) in [5.41, 5.74) is 6.86. The van der Waals surface area contributed by atoms with Crippen molar-refractivity contribution in [2.45, 2.75) is 45.8 Å². The molecule has 1 aliphatic rings. The van der Waals surface area contributed by atoms with E-state index in [1.54, 1.807) is 11.1 Å². The molecule has 0 aromatic heterocycles. The average Bonchev–Trinajstić information content (AvgIpc) is 2.51. The minimum absolute atomic E-state index is 0.276. The third-order valence-electron chi connectivity index (χ3n) is 3.52. The van der Waals surface area contributed by atoms with Crippen LogP contribution in [0.1, 0.15) is 43.0 Å². The molecule has 0 N–H and O–H groups in total. The van der Waals surface area contributed by atoms with Gasteiger partial charge in [0.2, 0.25) is 0 Å². The highest BCUT2D eigenvalue weighted by molar-refractivity contribution is 6.58. The van der Waals surface area contributed by atoms with Crippen molar-refractivity contribution in [1.29, 1.82) is 0 Å². The molecule has 1 aromatic carbocycles. The van der Waals surface area contributed by atoms with E-state index in [4.69, 9.17) is 0 Å². The van der Waals surface area contributed by atoms with Crippen LogP contribution in [0.2, 0.25) is 13.1 Å². The summed E-state index contributed by atoms with van der Waals surface area (Å²) in [6.45, 7) is 11.7. The zero-order chi connectivity index (χ0) is 12.6. The van der Waals surface area contributed by atoms with Gasteiger partial charge in [0.1, 0.15) is 0 Å². The van der Waals surface area contributed by atoms with Crippen LogP contribution < -0.4 is 0 Å². The molecule has 1 heteroatoms. The minimum atomic E-state index is -0.276. The third-order valence-corrected chi connectivity index (χ3v) is 5.44. The number of fused-ring (bicyclic) bond motifs is 1. The van der Waals surface area contributed by atoms with E-state index in [2.05, 4.69) is 58.1 Å². The maximum Gasteiger partial charge on any atom is 0.0551 e. The second-order valence-corrected chi connectivity index (χ2v) is 8.69. The maximum absolute atomic E-state index is 2.42. The van der Waals surface area contributed by atoms with E-state index in [0.717, 1.165) is 11.5 Å². The van der Waals surface area contributed by atoms with E-state index in [1.807, 2.05) is 0 Å². The Morgan fingerprint density at radius 2 is 1.94 bits per heavy atom. The summed E-state index contributed by atoms with van der Waals surface area (Å²) >= 11 is 0. The summed E-state index contributed by atoms with van der Waals surface area (Å²) < 4.78 is 0. The summed E-state index contributed by atoms with van der Waals surface area (Å²) in [4.78, 5) is 0. The van der Waals surface area contributed by atoms with Crippen LogP contribution in [0.25, 0.3) is 6.08 Å². The summed E-state index contributed by atoms with van der Waals surface area (Å²) in [5, 5.41) is 0. The van der Waals surface area contributed by atoms with Crippen LogP contribution >= 0.6 is 0 Å². The van der Waals surface area contributed by atoms with Gasteiger partial charge in [0, 0.05) is 0 Å². The predicted octanol–water partition coefficient (Wildman–Crippen LogP) is 4.68. The lowest BCUT2D eigenvalue weighted by atomic mass is 9.99. The first-order valence-corrected chi connectivity index (χ1v) is 9.18. The van der Waals surface area contributed by atoms with Crippen LogP contribution in [0, 0.1) is 5.92 Å². The van der Waals surface area contributed by atoms with Crippen LogP contribution in [0.5, 0.6) is 0 Å². The zero-order valence-corrected chi connectivity index (χ0v) is 12.7. The maximum atomic E-state index is 2.42. The Morgan fingerprint density at radius 1 is 1.24 bits per heavy atom. The van der Waals surface area contributed by atoms with E-state index in [9.17, 15) is 0 Å². The molecular weight excluding hydrogens is 220 g/mol. The molecule has 1 radical (unpaired) electrons. The van der Waals surface area contributed by atoms with Gasteiger partial charge in [0.25, 0.3) is 0 Å². The predicted molar refractivity (Wildman–Crippen MR) is 78.9 cm³/mol. The monoisotopic (exact) mass is 243 g/mol. The van der Waals surface area contributed by atoms with E-state index in [0.29, 0.717) is 0 Å². The first-order valence-electron chi connectivity index (χ1n) is 6.60. The van der Waals surface area contributed by atoms with E-state index in [1.165, 1.54) is 17.5 Å². The Bertz CT molecular complexity index is 441. The number of benzene rings is 1. The van der Waals surface area contributed by atoms with Gasteiger partial charge in [0.15, 0.2) is 0 Å². The summed E-state index contributed by atoms with van der Waals surface area (Å²) in [6.07, 6.45) is 3.60. The van der Waals surface area contributed by atoms with Crippen LogP contribution in [0.3, 0.4) is 0 Å². The van der Waals surface area contributed by atoms with Crippen LogP contribution in [0.4, 0.5) is 0 Å². The van der Waals surface area contributed by atoms with Crippen molar-refractivity contribution in [3.8, 4) is 0 Å². The summed E-state index contributed by atoms with van der Waals surface area (Å²) in [7, 11) is -0.276. The van der Waals surface area contributed by atoms with Gasteiger partial charge in [-0.3, -0.25) is 0 Å². The van der Waals surface area contributed by atoms with Gasteiger partial charge < -0.3 is 0 Å². The van der Waals surface area contributed by atoms with Gasteiger partial charge in [-0.2, -0.15) is 0 Å². The molecule has 0 amide bonds. The highest BCUT2D eigenvalue weighted by Crippen LogP contribution is 2.38. The van der Waals surface area contributed by atoms with Crippen molar-refractivity contribution in [2.75, 3.05) is 0 Å². The van der Waals surface area contributed by atoms with Crippen molar-refractivity contribution in [2.24, 2.45) is 5.92 Å². The molecule has 2 rings (SSSR count). The van der Waals surface area contributed by atoms with Crippen LogP contribution in [0.15, 0.2) is 23.8 Å². The topological polar surface area (TPSA) is 0 Å². The van der Waals surface area contributed by atoms with Crippen LogP contribution in [-0.4, -0.2) is 8.80 Å². The first-order chi connectivity index (χ1) is 7.99. The molecule has 0 saturated heterocycles. The fraction of sp³-hybridized carbons (Fsp3) is 0.500. The van der Waals surface area contributed by atoms with E-state index in [-0.39, 0.29) is 8.80 Å². The molecule has 1 atom stereocenters. The van der Waals surface area contributed by atoms with Crippen molar-refractivity contribution in [1.82, 2.24) is 0 Å². The molecule has 1 aromatic rings. The molecule has 0 spiro atoms. The van der Waals surface area contributed by atoms with Gasteiger partial charge in [-0.25, -0.2) is 0 Å². The lowest BCUT2D eigenvalue weighted by Gasteiger charge is -2.17. The number of hydrogen-bond acceptors (Lipinski definition) is 0. The highest BCUT2D eigenvalue weighted by atomic mass is 28.3. The molecular formula is C16H23Si. The number of hydrogen-bond donors (Lipinski definition) is 0. The third kappa shape index (κ3) is 2.55. The second-order valence-electron chi connectivity index (χ2n) is 5.96. The van der Waals surface area contributed by atoms with E-state index >= 15 is 0 Å². The fourth-order valence-corrected chi connectivity index (χ4v) is 4.83. The van der Waals surface area contributed by atoms with Crippen molar-refractivity contribution >= 4 is 14.9 Å². The molecule has 0 aliphatic heterocycles. The molecule has 91 valence electrons.